The lowest BCUT2D eigenvalue weighted by Crippen LogP contribution is -2.50. The minimum Gasteiger partial charge on any atom is -0.480 e. The van der Waals surface area contributed by atoms with Crippen LogP contribution in [0.3, 0.4) is 0 Å². The van der Waals surface area contributed by atoms with Crippen molar-refractivity contribution in [3.63, 3.8) is 0 Å². The van der Waals surface area contributed by atoms with E-state index in [9.17, 15) is 9.59 Å². The van der Waals surface area contributed by atoms with Crippen LogP contribution in [0.15, 0.2) is 30.3 Å². The summed E-state index contributed by atoms with van der Waals surface area (Å²) in [6.07, 6.45) is 0.167. The summed E-state index contributed by atoms with van der Waals surface area (Å²) in [5.74, 6) is -1.82. The van der Waals surface area contributed by atoms with Gasteiger partial charge in [-0.2, -0.15) is 0 Å². The molecule has 1 rings (SSSR count). The zero-order valence-corrected chi connectivity index (χ0v) is 9.74. The second-order valence-electron chi connectivity index (χ2n) is 3.88. The molecular weight excluding hydrogens is 236 g/mol. The smallest absolute Gasteiger partial charge is 0.326 e. The molecule has 6 nitrogen and oxygen atoms in total. The monoisotopic (exact) mass is 252 g/mol. The van der Waals surface area contributed by atoms with Crippen LogP contribution in [0, 0.1) is 0 Å². The lowest BCUT2D eigenvalue weighted by molar-refractivity contribution is -0.142. The highest BCUT2D eigenvalue weighted by Gasteiger charge is 2.23. The largest absolute Gasteiger partial charge is 0.480 e. The number of amides is 1. The molecule has 0 saturated carbocycles. The molecule has 0 unspecified atom stereocenters. The molecule has 18 heavy (non-hydrogen) atoms. The maximum atomic E-state index is 11.4. The van der Waals surface area contributed by atoms with E-state index in [0.717, 1.165) is 5.56 Å². The molecule has 0 aliphatic heterocycles. The van der Waals surface area contributed by atoms with Crippen LogP contribution in [0.4, 0.5) is 0 Å². The van der Waals surface area contributed by atoms with Crippen molar-refractivity contribution in [3.8, 4) is 0 Å². The first-order chi connectivity index (χ1) is 8.54. The highest BCUT2D eigenvalue weighted by molar-refractivity contribution is 5.87. The third-order valence-electron chi connectivity index (χ3n) is 2.43. The van der Waals surface area contributed by atoms with Gasteiger partial charge in [0.05, 0.1) is 6.61 Å². The van der Waals surface area contributed by atoms with Crippen LogP contribution < -0.4 is 11.1 Å². The number of aliphatic hydroxyl groups is 1. The molecule has 0 radical (unpaired) electrons. The highest BCUT2D eigenvalue weighted by Crippen LogP contribution is 2.03. The van der Waals surface area contributed by atoms with Gasteiger partial charge in [-0.3, -0.25) is 4.79 Å². The predicted molar refractivity (Wildman–Crippen MR) is 64.8 cm³/mol. The van der Waals surface area contributed by atoms with Gasteiger partial charge in [-0.1, -0.05) is 30.3 Å². The topological polar surface area (TPSA) is 113 Å². The number of aliphatic carboxylic acids is 1. The van der Waals surface area contributed by atoms with Crippen molar-refractivity contribution < 1.29 is 19.8 Å². The maximum absolute atomic E-state index is 11.4. The van der Waals surface area contributed by atoms with E-state index in [1.165, 1.54) is 0 Å². The van der Waals surface area contributed by atoms with Crippen LogP contribution in [-0.2, 0) is 16.0 Å². The molecule has 1 aromatic carbocycles. The Balaban J connectivity index is 2.67. The van der Waals surface area contributed by atoms with Gasteiger partial charge in [-0.25, -0.2) is 4.79 Å². The first-order valence-electron chi connectivity index (χ1n) is 5.48. The molecule has 0 aliphatic rings. The number of carbonyl (C=O) groups excluding carboxylic acids is 1. The van der Waals surface area contributed by atoms with Gasteiger partial charge in [0.1, 0.15) is 12.1 Å². The molecule has 0 spiro atoms. The summed E-state index contributed by atoms with van der Waals surface area (Å²) >= 11 is 0. The Morgan fingerprint density at radius 1 is 1.28 bits per heavy atom. The van der Waals surface area contributed by atoms with E-state index >= 15 is 0 Å². The number of hydrogen-bond donors (Lipinski definition) is 4. The molecule has 0 heterocycles. The quantitative estimate of drug-likeness (QED) is 0.525. The molecule has 0 aromatic heterocycles. The standard InChI is InChI=1S/C12H16N2O4/c13-9(7-15)11(16)14-10(12(17)18)6-8-4-2-1-3-5-8/h1-5,9-10,15H,6-7,13H2,(H,14,16)(H,17,18)/t9-,10+/m1/s1. The Bertz CT molecular complexity index is 408. The van der Waals surface area contributed by atoms with Gasteiger partial charge in [-0.15, -0.1) is 0 Å². The lowest BCUT2D eigenvalue weighted by Gasteiger charge is -2.16. The second kappa shape index (κ2) is 6.73. The van der Waals surface area contributed by atoms with Crippen LogP contribution in [-0.4, -0.2) is 40.8 Å². The molecule has 98 valence electrons. The fourth-order valence-electron chi connectivity index (χ4n) is 1.41. The third-order valence-corrected chi connectivity index (χ3v) is 2.43. The van der Waals surface area contributed by atoms with Crippen molar-refractivity contribution in [2.24, 2.45) is 5.73 Å². The van der Waals surface area contributed by atoms with Crippen molar-refractivity contribution >= 4 is 11.9 Å². The molecule has 0 bridgehead atoms. The van der Waals surface area contributed by atoms with Gasteiger partial charge < -0.3 is 21.3 Å². The second-order valence-corrected chi connectivity index (χ2v) is 3.88. The average molecular weight is 252 g/mol. The van der Waals surface area contributed by atoms with Crippen LogP contribution in [0.1, 0.15) is 5.56 Å². The normalized spacial score (nSPS) is 13.7. The number of nitrogens with one attached hydrogen (secondary N) is 1. The Hall–Kier alpha value is -1.92. The van der Waals surface area contributed by atoms with Gasteiger partial charge in [-0.05, 0) is 5.56 Å². The summed E-state index contributed by atoms with van der Waals surface area (Å²) in [6.45, 7) is -0.524. The fourth-order valence-corrected chi connectivity index (χ4v) is 1.41. The number of nitrogens with two attached hydrogens (primary N) is 1. The first-order valence-corrected chi connectivity index (χ1v) is 5.48. The summed E-state index contributed by atoms with van der Waals surface area (Å²) in [5, 5.41) is 20.0. The predicted octanol–water partition coefficient (Wildman–Crippen LogP) is -0.882. The SMILES string of the molecule is N[C@H](CO)C(=O)N[C@@H](Cc1ccccc1)C(=O)O. The summed E-state index contributed by atoms with van der Waals surface area (Å²) < 4.78 is 0. The van der Waals surface area contributed by atoms with Crippen LogP contribution in [0.25, 0.3) is 0 Å². The summed E-state index contributed by atoms with van der Waals surface area (Å²) in [5.41, 5.74) is 6.10. The number of rotatable bonds is 6. The number of benzene rings is 1. The van der Waals surface area contributed by atoms with Crippen molar-refractivity contribution in [1.29, 1.82) is 0 Å². The van der Waals surface area contributed by atoms with E-state index in [1.807, 2.05) is 6.07 Å². The number of aliphatic hydroxyl groups excluding tert-OH is 1. The fraction of sp³-hybridized carbons (Fsp3) is 0.333. The van der Waals surface area contributed by atoms with Crippen molar-refractivity contribution in [2.45, 2.75) is 18.5 Å². The summed E-state index contributed by atoms with van der Waals surface area (Å²) in [6, 6.07) is 6.77. The molecule has 6 heteroatoms. The zero-order valence-electron chi connectivity index (χ0n) is 9.74. The van der Waals surface area contributed by atoms with Gasteiger partial charge in [0.25, 0.3) is 0 Å². The van der Waals surface area contributed by atoms with Gasteiger partial charge in [0.15, 0.2) is 0 Å². The van der Waals surface area contributed by atoms with E-state index in [0.29, 0.717) is 0 Å². The Kier molecular flexibility index (Phi) is 5.29. The molecule has 1 amide bonds. The maximum Gasteiger partial charge on any atom is 0.326 e. The molecular formula is C12H16N2O4. The number of hydrogen-bond acceptors (Lipinski definition) is 4. The minimum atomic E-state index is -1.14. The molecule has 5 N–H and O–H groups in total. The van der Waals surface area contributed by atoms with E-state index in [4.69, 9.17) is 15.9 Å². The molecule has 0 aliphatic carbocycles. The lowest BCUT2D eigenvalue weighted by atomic mass is 10.1. The minimum absolute atomic E-state index is 0.167. The van der Waals surface area contributed by atoms with E-state index in [1.54, 1.807) is 24.3 Å². The van der Waals surface area contributed by atoms with Crippen molar-refractivity contribution in [1.82, 2.24) is 5.32 Å². The van der Waals surface area contributed by atoms with E-state index in [-0.39, 0.29) is 6.42 Å². The van der Waals surface area contributed by atoms with Crippen LogP contribution >= 0.6 is 0 Å². The Morgan fingerprint density at radius 2 is 1.89 bits per heavy atom. The zero-order chi connectivity index (χ0) is 13.5. The van der Waals surface area contributed by atoms with Crippen LogP contribution in [0.2, 0.25) is 0 Å². The van der Waals surface area contributed by atoms with Gasteiger partial charge in [0.2, 0.25) is 5.91 Å². The summed E-state index contributed by atoms with van der Waals surface area (Å²) in [7, 11) is 0. The Morgan fingerprint density at radius 3 is 2.39 bits per heavy atom. The van der Waals surface area contributed by atoms with E-state index < -0.39 is 30.6 Å². The molecule has 0 fully saturated rings. The number of carboxylic acid groups (broad SMARTS) is 1. The number of carboxylic acids is 1. The van der Waals surface area contributed by atoms with Gasteiger partial charge >= 0.3 is 5.97 Å². The van der Waals surface area contributed by atoms with Crippen molar-refractivity contribution in [3.05, 3.63) is 35.9 Å². The first kappa shape index (κ1) is 14.1. The van der Waals surface area contributed by atoms with Crippen molar-refractivity contribution in [2.75, 3.05) is 6.61 Å². The third kappa shape index (κ3) is 4.15. The molecule has 0 saturated heterocycles. The van der Waals surface area contributed by atoms with Gasteiger partial charge in [0, 0.05) is 6.42 Å². The average Bonchev–Trinajstić information content (AvgIpc) is 2.37. The van der Waals surface area contributed by atoms with E-state index in [2.05, 4.69) is 5.32 Å². The molecule has 1 aromatic rings. The number of carbonyl (C=O) groups is 2. The Labute approximate surface area is 104 Å². The highest BCUT2D eigenvalue weighted by atomic mass is 16.4. The van der Waals surface area contributed by atoms with Crippen LogP contribution in [0.5, 0.6) is 0 Å². The summed E-state index contributed by atoms with van der Waals surface area (Å²) in [4.78, 5) is 22.5. The molecule has 2 atom stereocenters.